The largest absolute Gasteiger partial charge is 0.396 e. The molecule has 1 aromatic carbocycles. The van der Waals surface area contributed by atoms with Crippen LogP contribution in [0.5, 0.6) is 0 Å². The molecule has 0 aromatic heterocycles. The van der Waals surface area contributed by atoms with Gasteiger partial charge < -0.3 is 5.11 Å². The van der Waals surface area contributed by atoms with Crippen molar-refractivity contribution >= 4 is 21.7 Å². The zero-order valence-electron chi connectivity index (χ0n) is 7.87. The second-order valence-corrected chi connectivity index (χ2v) is 3.99. The van der Waals surface area contributed by atoms with Crippen LogP contribution < -0.4 is 0 Å². The van der Waals surface area contributed by atoms with E-state index in [0.29, 0.717) is 19.3 Å². The third-order valence-electron chi connectivity index (χ3n) is 1.96. The maximum absolute atomic E-state index is 11.4. The van der Waals surface area contributed by atoms with Crippen LogP contribution in [-0.2, 0) is 11.2 Å². The molecule has 1 rings (SSSR count). The van der Waals surface area contributed by atoms with E-state index in [1.165, 1.54) is 0 Å². The summed E-state index contributed by atoms with van der Waals surface area (Å²) in [7, 11) is 0. The molecule has 0 aliphatic rings. The van der Waals surface area contributed by atoms with Crippen LogP contribution >= 0.6 is 15.9 Å². The fraction of sp³-hybridized carbons (Fsp3) is 0.364. The first-order valence-electron chi connectivity index (χ1n) is 4.60. The summed E-state index contributed by atoms with van der Waals surface area (Å²) < 4.78 is 0.970. The normalized spacial score (nSPS) is 10.1. The maximum Gasteiger partial charge on any atom is 0.137 e. The Bertz CT molecular complexity index is 310. The van der Waals surface area contributed by atoms with E-state index in [1.54, 1.807) is 0 Å². The lowest BCUT2D eigenvalue weighted by atomic mass is 10.1. The smallest absolute Gasteiger partial charge is 0.137 e. The van der Waals surface area contributed by atoms with Crippen LogP contribution in [0.4, 0.5) is 0 Å². The number of aliphatic hydroxyl groups is 1. The second-order valence-electron chi connectivity index (χ2n) is 3.13. The summed E-state index contributed by atoms with van der Waals surface area (Å²) >= 11 is 3.39. The van der Waals surface area contributed by atoms with Crippen molar-refractivity contribution in [1.82, 2.24) is 0 Å². The summed E-state index contributed by atoms with van der Waals surface area (Å²) in [5.41, 5.74) is 1.01. The van der Waals surface area contributed by atoms with Crippen LogP contribution in [0.3, 0.4) is 0 Å². The molecular weight excluding hydrogens is 244 g/mol. The number of benzene rings is 1. The number of carbonyl (C=O) groups excluding carboxylic acids is 1. The van der Waals surface area contributed by atoms with E-state index in [2.05, 4.69) is 15.9 Å². The standard InChI is InChI=1S/C11H13BrO2/c12-11-6-2-1-4-9(11)8-10(14)5-3-7-13/h1-2,4,6,13H,3,5,7-8H2. The molecule has 0 saturated heterocycles. The van der Waals surface area contributed by atoms with Gasteiger partial charge in [-0.2, -0.15) is 0 Å². The van der Waals surface area contributed by atoms with Gasteiger partial charge in [-0.15, -0.1) is 0 Å². The summed E-state index contributed by atoms with van der Waals surface area (Å²) in [5.74, 6) is 0.172. The van der Waals surface area contributed by atoms with Gasteiger partial charge in [-0.3, -0.25) is 4.79 Å². The van der Waals surface area contributed by atoms with Crippen molar-refractivity contribution in [3.05, 3.63) is 34.3 Å². The monoisotopic (exact) mass is 256 g/mol. The number of carbonyl (C=O) groups is 1. The van der Waals surface area contributed by atoms with Gasteiger partial charge >= 0.3 is 0 Å². The van der Waals surface area contributed by atoms with Crippen molar-refractivity contribution in [2.75, 3.05) is 6.61 Å². The number of Topliss-reactive ketones (excluding diaryl/α,β-unsaturated/α-hetero) is 1. The van der Waals surface area contributed by atoms with Crippen LogP contribution in [0.15, 0.2) is 28.7 Å². The molecule has 76 valence electrons. The lowest BCUT2D eigenvalue weighted by Crippen LogP contribution is -2.03. The van der Waals surface area contributed by atoms with E-state index in [-0.39, 0.29) is 12.4 Å². The summed E-state index contributed by atoms with van der Waals surface area (Å²) in [6, 6.07) is 7.70. The first-order chi connectivity index (χ1) is 6.74. The highest BCUT2D eigenvalue weighted by Crippen LogP contribution is 2.17. The lowest BCUT2D eigenvalue weighted by molar-refractivity contribution is -0.118. The Hall–Kier alpha value is -0.670. The highest BCUT2D eigenvalue weighted by Gasteiger charge is 2.05. The fourth-order valence-electron chi connectivity index (χ4n) is 1.22. The van der Waals surface area contributed by atoms with Gasteiger partial charge in [0, 0.05) is 23.9 Å². The zero-order chi connectivity index (χ0) is 10.4. The number of hydrogen-bond donors (Lipinski definition) is 1. The second kappa shape index (κ2) is 5.94. The average molecular weight is 257 g/mol. The van der Waals surface area contributed by atoms with Crippen molar-refractivity contribution in [1.29, 1.82) is 0 Å². The van der Waals surface area contributed by atoms with Crippen LogP contribution in [0.2, 0.25) is 0 Å². The molecule has 1 N–H and O–H groups in total. The predicted octanol–water partition coefficient (Wildman–Crippen LogP) is 2.33. The Balaban J connectivity index is 2.52. The van der Waals surface area contributed by atoms with Gasteiger partial charge in [-0.25, -0.2) is 0 Å². The maximum atomic E-state index is 11.4. The molecule has 0 spiro atoms. The van der Waals surface area contributed by atoms with Crippen molar-refractivity contribution in [3.8, 4) is 0 Å². The highest BCUT2D eigenvalue weighted by molar-refractivity contribution is 9.10. The van der Waals surface area contributed by atoms with Crippen LogP contribution in [0.25, 0.3) is 0 Å². The number of aliphatic hydroxyl groups excluding tert-OH is 1. The minimum absolute atomic E-state index is 0.0850. The third-order valence-corrected chi connectivity index (χ3v) is 2.73. The summed E-state index contributed by atoms with van der Waals surface area (Å²) in [5, 5.41) is 8.57. The molecule has 0 heterocycles. The van der Waals surface area contributed by atoms with Gasteiger partial charge in [0.25, 0.3) is 0 Å². The van der Waals surface area contributed by atoms with Crippen molar-refractivity contribution in [2.24, 2.45) is 0 Å². The van der Waals surface area contributed by atoms with Crippen LogP contribution in [0, 0.1) is 0 Å². The highest BCUT2D eigenvalue weighted by atomic mass is 79.9. The molecule has 0 aliphatic carbocycles. The molecule has 0 unspecified atom stereocenters. The molecule has 14 heavy (non-hydrogen) atoms. The number of ketones is 1. The third kappa shape index (κ3) is 3.60. The van der Waals surface area contributed by atoms with Crippen molar-refractivity contribution in [3.63, 3.8) is 0 Å². The fourth-order valence-corrected chi connectivity index (χ4v) is 1.64. The predicted molar refractivity (Wildman–Crippen MR) is 59.2 cm³/mol. The molecule has 0 radical (unpaired) electrons. The van der Waals surface area contributed by atoms with Gasteiger partial charge in [0.1, 0.15) is 5.78 Å². The molecular formula is C11H13BrO2. The van der Waals surface area contributed by atoms with E-state index < -0.39 is 0 Å². The molecule has 0 atom stereocenters. The number of halogens is 1. The van der Waals surface area contributed by atoms with E-state index >= 15 is 0 Å². The van der Waals surface area contributed by atoms with Crippen LogP contribution in [-0.4, -0.2) is 17.5 Å². The lowest BCUT2D eigenvalue weighted by Gasteiger charge is -2.02. The topological polar surface area (TPSA) is 37.3 Å². The Labute approximate surface area is 92.1 Å². The molecule has 1 aromatic rings. The minimum Gasteiger partial charge on any atom is -0.396 e. The molecule has 0 bridgehead atoms. The Kier molecular flexibility index (Phi) is 4.84. The number of hydrogen-bond acceptors (Lipinski definition) is 2. The van der Waals surface area contributed by atoms with E-state index in [9.17, 15) is 4.79 Å². The van der Waals surface area contributed by atoms with Gasteiger partial charge in [0.15, 0.2) is 0 Å². The van der Waals surface area contributed by atoms with Crippen molar-refractivity contribution in [2.45, 2.75) is 19.3 Å². The first kappa shape index (κ1) is 11.4. The first-order valence-corrected chi connectivity index (χ1v) is 5.39. The Morgan fingerprint density at radius 2 is 2.07 bits per heavy atom. The Morgan fingerprint density at radius 1 is 1.36 bits per heavy atom. The molecule has 0 amide bonds. The van der Waals surface area contributed by atoms with Crippen molar-refractivity contribution < 1.29 is 9.90 Å². The van der Waals surface area contributed by atoms with E-state index in [0.717, 1.165) is 10.0 Å². The van der Waals surface area contributed by atoms with Gasteiger partial charge in [-0.05, 0) is 18.1 Å². The van der Waals surface area contributed by atoms with E-state index in [4.69, 9.17) is 5.11 Å². The van der Waals surface area contributed by atoms with Gasteiger partial charge in [0.05, 0.1) is 0 Å². The minimum atomic E-state index is 0.0850. The SMILES string of the molecule is O=C(CCCO)Cc1ccccc1Br. The molecule has 0 aliphatic heterocycles. The summed E-state index contributed by atoms with van der Waals surface area (Å²) in [6.45, 7) is 0.0850. The Morgan fingerprint density at radius 3 is 2.71 bits per heavy atom. The zero-order valence-corrected chi connectivity index (χ0v) is 9.46. The average Bonchev–Trinajstić information content (AvgIpc) is 2.18. The molecule has 2 nitrogen and oxygen atoms in total. The quantitative estimate of drug-likeness (QED) is 0.879. The molecule has 0 fully saturated rings. The van der Waals surface area contributed by atoms with E-state index in [1.807, 2.05) is 24.3 Å². The van der Waals surface area contributed by atoms with Gasteiger partial charge in [-0.1, -0.05) is 34.1 Å². The number of rotatable bonds is 5. The summed E-state index contributed by atoms with van der Waals surface area (Å²) in [4.78, 5) is 11.4. The van der Waals surface area contributed by atoms with Crippen LogP contribution in [0.1, 0.15) is 18.4 Å². The molecule has 3 heteroatoms. The summed E-state index contributed by atoms with van der Waals surface area (Å²) in [6.07, 6.45) is 1.46. The molecule has 0 saturated carbocycles. The van der Waals surface area contributed by atoms with Gasteiger partial charge in [0.2, 0.25) is 0 Å².